The standard InChI is InChI=1S/C16H23N3O3/c1-12(2)18(8-9-20)16(22)17-13-10-15(21)19(11-13)14-6-4-3-5-7-14/h3-7,12-13,20H,8-11H2,1-2H3,(H,17,22)/t13-/m1/s1. The SMILES string of the molecule is CC(C)N(CCO)C(=O)N[C@@H]1CC(=O)N(c2ccccc2)C1. The molecule has 1 aliphatic rings. The summed E-state index contributed by atoms with van der Waals surface area (Å²) >= 11 is 0. The van der Waals surface area contributed by atoms with Gasteiger partial charge in [-0.1, -0.05) is 18.2 Å². The smallest absolute Gasteiger partial charge is 0.318 e. The number of para-hydroxylation sites is 1. The summed E-state index contributed by atoms with van der Waals surface area (Å²) in [6.45, 7) is 4.47. The average Bonchev–Trinajstić information content (AvgIpc) is 2.85. The van der Waals surface area contributed by atoms with Crippen molar-refractivity contribution in [1.29, 1.82) is 0 Å². The lowest BCUT2D eigenvalue weighted by Gasteiger charge is -2.27. The Morgan fingerprint density at radius 3 is 2.68 bits per heavy atom. The van der Waals surface area contributed by atoms with Crippen molar-refractivity contribution in [2.45, 2.75) is 32.4 Å². The third kappa shape index (κ3) is 3.76. The molecule has 1 aromatic carbocycles. The molecule has 22 heavy (non-hydrogen) atoms. The zero-order valence-electron chi connectivity index (χ0n) is 13.0. The van der Waals surface area contributed by atoms with Gasteiger partial charge in [0.2, 0.25) is 5.91 Å². The van der Waals surface area contributed by atoms with E-state index < -0.39 is 0 Å². The minimum Gasteiger partial charge on any atom is -0.395 e. The maximum Gasteiger partial charge on any atom is 0.318 e. The van der Waals surface area contributed by atoms with Gasteiger partial charge in [0.25, 0.3) is 0 Å². The number of rotatable bonds is 5. The van der Waals surface area contributed by atoms with Crippen LogP contribution in [0.3, 0.4) is 0 Å². The molecule has 0 spiro atoms. The van der Waals surface area contributed by atoms with Gasteiger partial charge in [-0.15, -0.1) is 0 Å². The number of benzene rings is 1. The summed E-state index contributed by atoms with van der Waals surface area (Å²) in [6.07, 6.45) is 0.297. The zero-order chi connectivity index (χ0) is 16.1. The number of amides is 3. The van der Waals surface area contributed by atoms with E-state index in [0.29, 0.717) is 13.0 Å². The summed E-state index contributed by atoms with van der Waals surface area (Å²) in [5, 5.41) is 11.9. The van der Waals surface area contributed by atoms with Crippen LogP contribution in [0.4, 0.5) is 10.5 Å². The van der Waals surface area contributed by atoms with Crippen LogP contribution < -0.4 is 10.2 Å². The average molecular weight is 305 g/mol. The minimum absolute atomic E-state index is 0.00511. The van der Waals surface area contributed by atoms with Crippen LogP contribution in [0.5, 0.6) is 0 Å². The quantitative estimate of drug-likeness (QED) is 0.858. The molecule has 1 heterocycles. The summed E-state index contributed by atoms with van der Waals surface area (Å²) in [4.78, 5) is 27.6. The maximum absolute atomic E-state index is 12.3. The van der Waals surface area contributed by atoms with Crippen LogP contribution in [0.1, 0.15) is 20.3 Å². The number of hydrogen-bond donors (Lipinski definition) is 2. The van der Waals surface area contributed by atoms with Crippen molar-refractivity contribution >= 4 is 17.6 Å². The molecule has 6 heteroatoms. The van der Waals surface area contributed by atoms with Crippen molar-refractivity contribution in [3.8, 4) is 0 Å². The first-order valence-corrected chi connectivity index (χ1v) is 7.56. The molecule has 0 bridgehead atoms. The molecule has 1 aliphatic heterocycles. The number of carbonyl (C=O) groups excluding carboxylic acids is 2. The molecule has 2 N–H and O–H groups in total. The van der Waals surface area contributed by atoms with Gasteiger partial charge in [0, 0.05) is 31.2 Å². The number of anilines is 1. The van der Waals surface area contributed by atoms with E-state index in [1.54, 1.807) is 9.80 Å². The Labute approximate surface area is 130 Å². The molecule has 0 saturated carbocycles. The predicted octanol–water partition coefficient (Wildman–Crippen LogP) is 1.20. The van der Waals surface area contributed by atoms with E-state index in [0.717, 1.165) is 5.69 Å². The Balaban J connectivity index is 1.98. The fourth-order valence-corrected chi connectivity index (χ4v) is 2.62. The Morgan fingerprint density at radius 2 is 2.09 bits per heavy atom. The topological polar surface area (TPSA) is 72.9 Å². The molecular formula is C16H23N3O3. The molecule has 0 aromatic heterocycles. The van der Waals surface area contributed by atoms with Crippen LogP contribution in [0.15, 0.2) is 30.3 Å². The van der Waals surface area contributed by atoms with Gasteiger partial charge in [0.1, 0.15) is 0 Å². The van der Waals surface area contributed by atoms with Gasteiger partial charge in [-0.2, -0.15) is 0 Å². The normalized spacial score (nSPS) is 17.9. The van der Waals surface area contributed by atoms with Crippen LogP contribution in [-0.2, 0) is 4.79 Å². The number of hydrogen-bond acceptors (Lipinski definition) is 3. The summed E-state index contributed by atoms with van der Waals surface area (Å²) in [5.41, 5.74) is 0.848. The molecular weight excluding hydrogens is 282 g/mol. The predicted molar refractivity (Wildman–Crippen MR) is 84.7 cm³/mol. The van der Waals surface area contributed by atoms with Gasteiger partial charge in [-0.25, -0.2) is 4.79 Å². The second kappa shape index (κ2) is 7.26. The van der Waals surface area contributed by atoms with E-state index in [4.69, 9.17) is 5.11 Å². The number of urea groups is 1. The lowest BCUT2D eigenvalue weighted by Crippen LogP contribution is -2.49. The Hall–Kier alpha value is -2.08. The summed E-state index contributed by atoms with van der Waals surface area (Å²) in [6, 6.07) is 8.99. The largest absolute Gasteiger partial charge is 0.395 e. The number of aliphatic hydroxyl groups is 1. The van der Waals surface area contributed by atoms with Gasteiger partial charge in [-0.05, 0) is 26.0 Å². The van der Waals surface area contributed by atoms with Gasteiger partial charge in [0.15, 0.2) is 0 Å². The van der Waals surface area contributed by atoms with Gasteiger partial charge in [-0.3, -0.25) is 4.79 Å². The van der Waals surface area contributed by atoms with E-state index in [1.807, 2.05) is 44.2 Å². The Morgan fingerprint density at radius 1 is 1.41 bits per heavy atom. The first kappa shape index (κ1) is 16.3. The Bertz CT molecular complexity index is 519. The number of nitrogens with one attached hydrogen (secondary N) is 1. The molecule has 3 amide bonds. The van der Waals surface area contributed by atoms with Crippen molar-refractivity contribution < 1.29 is 14.7 Å². The monoisotopic (exact) mass is 305 g/mol. The highest BCUT2D eigenvalue weighted by Crippen LogP contribution is 2.21. The maximum atomic E-state index is 12.3. The number of nitrogens with zero attached hydrogens (tertiary/aromatic N) is 2. The van der Waals surface area contributed by atoms with Crippen LogP contribution in [0.2, 0.25) is 0 Å². The van der Waals surface area contributed by atoms with Crippen LogP contribution in [-0.4, -0.2) is 53.7 Å². The fourth-order valence-electron chi connectivity index (χ4n) is 2.62. The molecule has 0 unspecified atom stereocenters. The van der Waals surface area contributed by atoms with Crippen molar-refractivity contribution in [3.05, 3.63) is 30.3 Å². The van der Waals surface area contributed by atoms with Gasteiger partial charge >= 0.3 is 6.03 Å². The van der Waals surface area contributed by atoms with E-state index >= 15 is 0 Å². The molecule has 1 aromatic rings. The molecule has 0 radical (unpaired) electrons. The van der Waals surface area contributed by atoms with E-state index in [2.05, 4.69) is 5.32 Å². The zero-order valence-corrected chi connectivity index (χ0v) is 13.0. The van der Waals surface area contributed by atoms with Crippen LogP contribution in [0, 0.1) is 0 Å². The summed E-state index contributed by atoms with van der Waals surface area (Å²) in [7, 11) is 0. The van der Waals surface area contributed by atoms with E-state index in [1.165, 1.54) is 0 Å². The highest BCUT2D eigenvalue weighted by Gasteiger charge is 2.32. The second-order valence-corrected chi connectivity index (χ2v) is 5.70. The third-order valence-electron chi connectivity index (χ3n) is 3.75. The lowest BCUT2D eigenvalue weighted by molar-refractivity contribution is -0.117. The first-order chi connectivity index (χ1) is 10.5. The molecule has 1 fully saturated rings. The van der Waals surface area contributed by atoms with Crippen LogP contribution in [0.25, 0.3) is 0 Å². The minimum atomic E-state index is -0.239. The number of carbonyl (C=O) groups is 2. The third-order valence-corrected chi connectivity index (χ3v) is 3.75. The first-order valence-electron chi connectivity index (χ1n) is 7.56. The second-order valence-electron chi connectivity index (χ2n) is 5.70. The Kier molecular flexibility index (Phi) is 5.38. The molecule has 1 atom stereocenters. The van der Waals surface area contributed by atoms with E-state index in [9.17, 15) is 9.59 Å². The molecule has 2 rings (SSSR count). The van der Waals surface area contributed by atoms with E-state index in [-0.39, 0.29) is 37.2 Å². The molecule has 0 aliphatic carbocycles. The van der Waals surface area contributed by atoms with Crippen molar-refractivity contribution in [1.82, 2.24) is 10.2 Å². The van der Waals surface area contributed by atoms with Gasteiger partial charge in [0.05, 0.1) is 12.6 Å². The molecule has 120 valence electrons. The molecule has 1 saturated heterocycles. The summed E-state index contributed by atoms with van der Waals surface area (Å²) in [5.74, 6) is 0.00903. The summed E-state index contributed by atoms with van der Waals surface area (Å²) < 4.78 is 0. The van der Waals surface area contributed by atoms with Gasteiger partial charge < -0.3 is 20.2 Å². The van der Waals surface area contributed by atoms with Crippen molar-refractivity contribution in [2.24, 2.45) is 0 Å². The van der Waals surface area contributed by atoms with Crippen molar-refractivity contribution in [2.75, 3.05) is 24.6 Å². The fraction of sp³-hybridized carbons (Fsp3) is 0.500. The highest BCUT2D eigenvalue weighted by molar-refractivity contribution is 5.96. The lowest BCUT2D eigenvalue weighted by atomic mass is 10.2. The van der Waals surface area contributed by atoms with Crippen molar-refractivity contribution in [3.63, 3.8) is 0 Å². The highest BCUT2D eigenvalue weighted by atomic mass is 16.3. The number of aliphatic hydroxyl groups excluding tert-OH is 1. The van der Waals surface area contributed by atoms with Crippen LogP contribution >= 0.6 is 0 Å². The molecule has 6 nitrogen and oxygen atoms in total.